The Balaban J connectivity index is 1.27. The number of alkyl halides is 3. The maximum absolute atomic E-state index is 13.8. The van der Waals surface area contributed by atoms with Crippen LogP contribution in [0.15, 0.2) is 48.5 Å². The quantitative estimate of drug-likeness (QED) is 0.512. The molecule has 0 aromatic heterocycles. The summed E-state index contributed by atoms with van der Waals surface area (Å²) in [4.78, 5) is 15.0. The fraction of sp³-hybridized carbons (Fsp3) is 0.500. The van der Waals surface area contributed by atoms with Gasteiger partial charge in [-0.2, -0.15) is 13.2 Å². The van der Waals surface area contributed by atoms with Crippen LogP contribution in [-0.2, 0) is 20.9 Å². The van der Waals surface area contributed by atoms with Crippen molar-refractivity contribution in [3.05, 3.63) is 59.7 Å². The van der Waals surface area contributed by atoms with E-state index in [9.17, 15) is 18.0 Å². The lowest BCUT2D eigenvalue weighted by Crippen LogP contribution is -2.39. The molecule has 0 bridgehead atoms. The molecule has 2 spiro atoms. The number of ether oxygens (including phenoxy) is 3. The Morgan fingerprint density at radius 3 is 2.21 bits per heavy atom. The summed E-state index contributed by atoms with van der Waals surface area (Å²) in [5, 5.41) is 0. The molecule has 1 amide bonds. The van der Waals surface area contributed by atoms with Gasteiger partial charge in [0.1, 0.15) is 5.75 Å². The van der Waals surface area contributed by atoms with Gasteiger partial charge in [-0.3, -0.25) is 4.79 Å². The smallest absolute Gasteiger partial charge is 0.418 e. The summed E-state index contributed by atoms with van der Waals surface area (Å²) in [5.41, 5.74) is 0.914. The van der Waals surface area contributed by atoms with E-state index in [1.807, 2.05) is 0 Å². The van der Waals surface area contributed by atoms with Gasteiger partial charge in [0, 0.05) is 12.2 Å². The van der Waals surface area contributed by atoms with E-state index in [1.54, 1.807) is 41.3 Å². The average Bonchev–Trinajstić information content (AvgIpc) is 3.52. The first-order chi connectivity index (χ1) is 16.2. The van der Waals surface area contributed by atoms with E-state index < -0.39 is 12.3 Å². The predicted octanol–water partition coefficient (Wildman–Crippen LogP) is 5.58. The van der Waals surface area contributed by atoms with Gasteiger partial charge in [-0.15, -0.1) is 0 Å². The number of amides is 1. The first-order valence-electron chi connectivity index (χ1n) is 11.6. The molecule has 2 aliphatic heterocycles. The lowest BCUT2D eigenvalue weighted by Gasteiger charge is -2.34. The van der Waals surface area contributed by atoms with Crippen LogP contribution in [0.25, 0.3) is 0 Å². The fourth-order valence-corrected chi connectivity index (χ4v) is 5.22. The van der Waals surface area contributed by atoms with Gasteiger partial charge in [-0.1, -0.05) is 24.3 Å². The minimum Gasteiger partial charge on any atom is -0.497 e. The van der Waals surface area contributed by atoms with Gasteiger partial charge in [0.25, 0.3) is 0 Å². The highest BCUT2D eigenvalue weighted by atomic mass is 19.4. The van der Waals surface area contributed by atoms with Crippen molar-refractivity contribution in [2.24, 2.45) is 5.41 Å². The van der Waals surface area contributed by atoms with E-state index in [0.717, 1.165) is 38.7 Å². The van der Waals surface area contributed by atoms with Crippen molar-refractivity contribution < 1.29 is 32.2 Å². The van der Waals surface area contributed by atoms with E-state index in [2.05, 4.69) is 0 Å². The van der Waals surface area contributed by atoms with E-state index in [-0.39, 0.29) is 29.1 Å². The highest BCUT2D eigenvalue weighted by Crippen LogP contribution is 2.53. The highest BCUT2D eigenvalue weighted by Gasteiger charge is 2.56. The van der Waals surface area contributed by atoms with Crippen LogP contribution in [-0.4, -0.2) is 37.9 Å². The maximum Gasteiger partial charge on any atom is 0.418 e. The van der Waals surface area contributed by atoms with Crippen LogP contribution in [0.3, 0.4) is 0 Å². The number of carbonyl (C=O) groups excluding carboxylic acids is 1. The number of methoxy groups -OCH3 is 1. The zero-order chi connectivity index (χ0) is 24.0. The molecule has 3 aliphatic rings. The summed E-state index contributed by atoms with van der Waals surface area (Å²) in [7, 11) is 1.53. The van der Waals surface area contributed by atoms with Gasteiger partial charge in [0.05, 0.1) is 31.3 Å². The molecule has 8 heteroatoms. The molecule has 0 radical (unpaired) electrons. The molecule has 0 N–H and O–H groups in total. The van der Waals surface area contributed by atoms with Crippen molar-refractivity contribution in [3.8, 4) is 5.75 Å². The minimum absolute atomic E-state index is 0.0108. The monoisotopic (exact) mass is 475 g/mol. The predicted molar refractivity (Wildman–Crippen MR) is 120 cm³/mol. The molecule has 5 nitrogen and oxygen atoms in total. The maximum atomic E-state index is 13.8. The van der Waals surface area contributed by atoms with Gasteiger partial charge < -0.3 is 19.1 Å². The molecule has 1 saturated carbocycles. The lowest BCUT2D eigenvalue weighted by molar-refractivity contribution is -0.227. The number of carbonyl (C=O) groups is 1. The summed E-state index contributed by atoms with van der Waals surface area (Å²) >= 11 is 0. The van der Waals surface area contributed by atoms with Crippen LogP contribution in [0.2, 0.25) is 0 Å². The largest absolute Gasteiger partial charge is 0.497 e. The van der Waals surface area contributed by atoms with Gasteiger partial charge in [-0.05, 0) is 67.5 Å². The Labute approximate surface area is 196 Å². The zero-order valence-electron chi connectivity index (χ0n) is 19.1. The van der Waals surface area contributed by atoms with Crippen LogP contribution in [0.1, 0.15) is 49.3 Å². The topological polar surface area (TPSA) is 51.3 Å². The second kappa shape index (κ2) is 8.57. The average molecular weight is 476 g/mol. The van der Waals surface area contributed by atoms with Gasteiger partial charge in [0.2, 0.25) is 5.91 Å². The molecule has 0 unspecified atom stereocenters. The lowest BCUT2D eigenvalue weighted by atomic mass is 9.69. The number of anilines is 1. The zero-order valence-corrected chi connectivity index (χ0v) is 19.1. The van der Waals surface area contributed by atoms with E-state index >= 15 is 0 Å². The first-order valence-corrected chi connectivity index (χ1v) is 11.6. The molecule has 182 valence electrons. The summed E-state index contributed by atoms with van der Waals surface area (Å²) in [6.07, 6.45) is -2.40. The van der Waals surface area contributed by atoms with Crippen molar-refractivity contribution >= 4 is 11.6 Å². The summed E-state index contributed by atoms with van der Waals surface area (Å²) in [6, 6.07) is 12.7. The first kappa shape index (κ1) is 23.2. The van der Waals surface area contributed by atoms with Crippen molar-refractivity contribution in [1.82, 2.24) is 0 Å². The van der Waals surface area contributed by atoms with E-state index in [4.69, 9.17) is 14.2 Å². The number of rotatable bonds is 6. The number of benzene rings is 2. The summed E-state index contributed by atoms with van der Waals surface area (Å²) in [5.74, 6) is 0.706. The van der Waals surface area contributed by atoms with Gasteiger partial charge in [0.15, 0.2) is 6.10 Å². The third-order valence-electron chi connectivity index (χ3n) is 7.56. The Morgan fingerprint density at radius 2 is 1.65 bits per heavy atom. The molecule has 1 aliphatic carbocycles. The molecule has 5 rings (SSSR count). The van der Waals surface area contributed by atoms with Crippen molar-refractivity contribution in [1.29, 1.82) is 0 Å². The van der Waals surface area contributed by atoms with Crippen LogP contribution in [0.4, 0.5) is 18.9 Å². The van der Waals surface area contributed by atoms with Crippen LogP contribution in [0.5, 0.6) is 5.75 Å². The fourth-order valence-electron chi connectivity index (χ4n) is 5.22. The number of hydrogen-bond donors (Lipinski definition) is 0. The Bertz CT molecular complexity index is 1020. The summed E-state index contributed by atoms with van der Waals surface area (Å²) < 4.78 is 57.3. The molecular formula is C26H28F3NO4. The molecule has 2 aromatic rings. The number of hydrogen-bond acceptors (Lipinski definition) is 4. The van der Waals surface area contributed by atoms with Crippen molar-refractivity contribution in [2.75, 3.05) is 25.2 Å². The Hall–Kier alpha value is -2.58. The van der Waals surface area contributed by atoms with Crippen LogP contribution in [0, 0.1) is 5.41 Å². The van der Waals surface area contributed by atoms with Gasteiger partial charge >= 0.3 is 6.18 Å². The Morgan fingerprint density at radius 1 is 1.00 bits per heavy atom. The SMILES string of the molecule is COc1ccc(CO[C@H](c2ccc(N3CCC4(CCC5(CC4)CO5)C3=O)cc2)C(F)(F)F)cc1. The number of halogens is 3. The minimum atomic E-state index is -4.57. The van der Waals surface area contributed by atoms with Crippen molar-refractivity contribution in [2.45, 2.75) is 56.6 Å². The number of epoxide rings is 1. The van der Waals surface area contributed by atoms with Crippen LogP contribution < -0.4 is 9.64 Å². The third kappa shape index (κ3) is 4.41. The third-order valence-corrected chi connectivity index (χ3v) is 7.56. The molecule has 34 heavy (non-hydrogen) atoms. The molecule has 3 fully saturated rings. The molecular weight excluding hydrogens is 447 g/mol. The van der Waals surface area contributed by atoms with Crippen LogP contribution >= 0.6 is 0 Å². The van der Waals surface area contributed by atoms with E-state index in [1.165, 1.54) is 19.2 Å². The molecule has 2 aromatic carbocycles. The normalized spacial score (nSPS) is 27.4. The van der Waals surface area contributed by atoms with Crippen molar-refractivity contribution in [3.63, 3.8) is 0 Å². The molecule has 1 atom stereocenters. The van der Waals surface area contributed by atoms with E-state index in [0.29, 0.717) is 23.5 Å². The highest BCUT2D eigenvalue weighted by molar-refractivity contribution is 6.00. The standard InChI is InChI=1S/C26H28F3NO4/c1-32-21-8-2-18(3-9-21)16-33-22(26(27,28)29)19-4-6-20(7-5-19)30-15-14-24(23(30)31)10-12-25(13-11-24)17-34-25/h2-9,22H,10-17H2,1H3/t22-,24?,25?/m1/s1. The summed E-state index contributed by atoms with van der Waals surface area (Å²) in [6.45, 7) is 1.19. The van der Waals surface area contributed by atoms with Gasteiger partial charge in [-0.25, -0.2) is 0 Å². The second-order valence-corrected chi connectivity index (χ2v) is 9.63. The second-order valence-electron chi connectivity index (χ2n) is 9.63. The molecule has 2 heterocycles. The Kier molecular flexibility index (Phi) is 5.84. The molecule has 2 saturated heterocycles. The number of nitrogens with zero attached hydrogens (tertiary/aromatic N) is 1.